The van der Waals surface area contributed by atoms with Gasteiger partial charge in [-0.1, -0.05) is 152 Å². The summed E-state index contributed by atoms with van der Waals surface area (Å²) in [4.78, 5) is 13.2. The Labute approximate surface area is 379 Å². The van der Waals surface area contributed by atoms with Crippen LogP contribution < -0.4 is 28.4 Å². The van der Waals surface area contributed by atoms with Crippen LogP contribution in [0.5, 0.6) is 34.5 Å². The lowest BCUT2D eigenvalue weighted by atomic mass is 10.1. The van der Waals surface area contributed by atoms with Gasteiger partial charge in [0.15, 0.2) is 5.78 Å². The van der Waals surface area contributed by atoms with Crippen molar-refractivity contribution in [1.29, 1.82) is 0 Å². The van der Waals surface area contributed by atoms with Gasteiger partial charge in [-0.05, 0) is 69.8 Å². The van der Waals surface area contributed by atoms with Crippen LogP contribution in [0.25, 0.3) is 5.76 Å². The van der Waals surface area contributed by atoms with Crippen LogP contribution >= 0.6 is 0 Å². The Balaban J connectivity index is 1.05. The molecule has 324 valence electrons. The van der Waals surface area contributed by atoms with Gasteiger partial charge >= 0.3 is 0 Å². The molecular formula is C57H48O8. The van der Waals surface area contributed by atoms with Crippen LogP contribution in [0.1, 0.15) is 49.3 Å². The molecule has 0 aliphatic heterocycles. The van der Waals surface area contributed by atoms with E-state index < -0.39 is 0 Å². The average Bonchev–Trinajstić information content (AvgIpc) is 3.36. The molecule has 0 fully saturated rings. The number of carbonyl (C=O) groups is 1. The normalized spacial score (nSPS) is 11.0. The van der Waals surface area contributed by atoms with Crippen LogP contribution in [-0.4, -0.2) is 10.9 Å². The van der Waals surface area contributed by atoms with Crippen LogP contribution in [0.4, 0.5) is 0 Å². The lowest BCUT2D eigenvalue weighted by molar-refractivity contribution is 0.104. The van der Waals surface area contributed by atoms with Crippen molar-refractivity contribution in [2.24, 2.45) is 0 Å². The summed E-state index contributed by atoms with van der Waals surface area (Å²) in [5.41, 5.74) is 6.50. The van der Waals surface area contributed by atoms with Gasteiger partial charge in [0.25, 0.3) is 0 Å². The van der Waals surface area contributed by atoms with Crippen molar-refractivity contribution in [3.63, 3.8) is 0 Å². The second-order valence-electron chi connectivity index (χ2n) is 15.3. The maximum atomic E-state index is 13.2. The molecule has 0 aliphatic rings. The Hall–Kier alpha value is -8.23. The molecule has 1 N–H and O–H groups in total. The number of aliphatic hydroxyl groups is 1. The van der Waals surface area contributed by atoms with Crippen LogP contribution in [0.2, 0.25) is 0 Å². The first-order chi connectivity index (χ1) is 32.0. The summed E-state index contributed by atoms with van der Waals surface area (Å²) in [5, 5.41) is 11.4. The lowest BCUT2D eigenvalue weighted by Gasteiger charge is -2.16. The van der Waals surface area contributed by atoms with Crippen molar-refractivity contribution in [3.05, 3.63) is 257 Å². The van der Waals surface area contributed by atoms with Crippen LogP contribution in [-0.2, 0) is 39.6 Å². The molecule has 0 aromatic heterocycles. The highest BCUT2D eigenvalue weighted by atomic mass is 16.5. The van der Waals surface area contributed by atoms with Gasteiger partial charge in [-0.15, -0.1) is 0 Å². The minimum Gasteiger partial charge on any atom is -0.507 e. The summed E-state index contributed by atoms with van der Waals surface area (Å²) in [5.74, 6) is 2.71. The molecule has 8 aromatic rings. The van der Waals surface area contributed by atoms with E-state index in [4.69, 9.17) is 28.4 Å². The fourth-order valence-corrected chi connectivity index (χ4v) is 6.84. The summed E-state index contributed by atoms with van der Waals surface area (Å²) in [7, 11) is 0. The topological polar surface area (TPSA) is 92.7 Å². The van der Waals surface area contributed by atoms with E-state index in [1.165, 1.54) is 6.08 Å². The molecule has 0 spiro atoms. The molecule has 0 radical (unpaired) electrons. The molecule has 0 aliphatic carbocycles. The van der Waals surface area contributed by atoms with E-state index in [0.717, 1.165) is 33.4 Å². The van der Waals surface area contributed by atoms with Gasteiger partial charge in [-0.3, -0.25) is 4.79 Å². The Kier molecular flexibility index (Phi) is 14.8. The number of rotatable bonds is 21. The third kappa shape index (κ3) is 13.4. The second kappa shape index (κ2) is 22.2. The zero-order valence-corrected chi connectivity index (χ0v) is 35.8. The molecule has 0 unspecified atom stereocenters. The van der Waals surface area contributed by atoms with Gasteiger partial charge in [-0.25, -0.2) is 0 Å². The average molecular weight is 861 g/mol. The van der Waals surface area contributed by atoms with Crippen molar-refractivity contribution < 1.29 is 38.3 Å². The predicted octanol–water partition coefficient (Wildman–Crippen LogP) is 12.9. The summed E-state index contributed by atoms with van der Waals surface area (Å²) in [6.45, 7) is 1.76. The molecule has 8 heteroatoms. The number of ether oxygens (including phenoxy) is 6. The lowest BCUT2D eigenvalue weighted by Crippen LogP contribution is -2.03. The number of aliphatic hydroxyl groups excluding tert-OH is 1. The summed E-state index contributed by atoms with van der Waals surface area (Å²) in [6, 6.07) is 65.1. The van der Waals surface area contributed by atoms with E-state index in [2.05, 4.69) is 0 Å². The van der Waals surface area contributed by atoms with Crippen LogP contribution in [0.3, 0.4) is 0 Å². The van der Waals surface area contributed by atoms with Crippen molar-refractivity contribution in [1.82, 2.24) is 0 Å². The SMILES string of the molecule is O=C(/C=C(/O)c1cc(OCc2cc(OCc3ccccc3)cc(OCc3ccccc3)c2)cc(OCc2cc(OCc3ccccc3)cc(OCc3ccccc3)c2)c1)c1ccccc1. The highest BCUT2D eigenvalue weighted by Crippen LogP contribution is 2.32. The van der Waals surface area contributed by atoms with E-state index in [0.29, 0.717) is 72.1 Å². The van der Waals surface area contributed by atoms with Crippen molar-refractivity contribution in [2.45, 2.75) is 39.6 Å². The van der Waals surface area contributed by atoms with E-state index in [1.54, 1.807) is 42.5 Å². The fourth-order valence-electron chi connectivity index (χ4n) is 6.84. The number of carbonyl (C=O) groups excluding carboxylic acids is 1. The summed E-state index contributed by atoms with van der Waals surface area (Å²) >= 11 is 0. The zero-order chi connectivity index (χ0) is 44.5. The molecule has 8 aromatic carbocycles. The maximum absolute atomic E-state index is 13.2. The quantitative estimate of drug-likeness (QED) is 0.0434. The van der Waals surface area contributed by atoms with E-state index >= 15 is 0 Å². The number of ketones is 1. The Morgan fingerprint density at radius 1 is 0.323 bits per heavy atom. The Morgan fingerprint density at radius 2 is 0.585 bits per heavy atom. The van der Waals surface area contributed by atoms with Crippen LogP contribution in [0, 0.1) is 0 Å². The van der Waals surface area contributed by atoms with E-state index in [1.807, 2.05) is 164 Å². The predicted molar refractivity (Wildman–Crippen MR) is 252 cm³/mol. The first-order valence-corrected chi connectivity index (χ1v) is 21.3. The van der Waals surface area contributed by atoms with E-state index in [-0.39, 0.29) is 24.8 Å². The summed E-state index contributed by atoms with van der Waals surface area (Å²) in [6.07, 6.45) is 1.20. The van der Waals surface area contributed by atoms with Gasteiger partial charge in [0.1, 0.15) is 79.9 Å². The minimum atomic E-state index is -0.345. The van der Waals surface area contributed by atoms with Crippen molar-refractivity contribution >= 4 is 11.5 Å². The first-order valence-electron chi connectivity index (χ1n) is 21.3. The van der Waals surface area contributed by atoms with Gasteiger partial charge in [-0.2, -0.15) is 0 Å². The van der Waals surface area contributed by atoms with Crippen molar-refractivity contribution in [3.8, 4) is 34.5 Å². The fraction of sp³-hybridized carbons (Fsp3) is 0.105. The molecule has 65 heavy (non-hydrogen) atoms. The molecule has 0 saturated carbocycles. The van der Waals surface area contributed by atoms with Gasteiger partial charge in [0.2, 0.25) is 0 Å². The molecule has 0 atom stereocenters. The molecule has 0 bridgehead atoms. The van der Waals surface area contributed by atoms with Gasteiger partial charge < -0.3 is 33.5 Å². The molecular weight excluding hydrogens is 813 g/mol. The molecule has 0 amide bonds. The highest BCUT2D eigenvalue weighted by Gasteiger charge is 2.13. The number of hydrogen-bond acceptors (Lipinski definition) is 8. The number of benzene rings is 8. The number of hydrogen-bond donors (Lipinski definition) is 1. The summed E-state index contributed by atoms with van der Waals surface area (Å²) < 4.78 is 37.8. The number of allylic oxidation sites excluding steroid dienone is 1. The van der Waals surface area contributed by atoms with Gasteiger partial charge in [0.05, 0.1) is 0 Å². The largest absolute Gasteiger partial charge is 0.507 e. The molecule has 8 rings (SSSR count). The maximum Gasteiger partial charge on any atom is 0.189 e. The van der Waals surface area contributed by atoms with Gasteiger partial charge in [0, 0.05) is 35.4 Å². The second-order valence-corrected chi connectivity index (χ2v) is 15.3. The standard InChI is InChI=1S/C57H48O8/c58-56(48-24-14-5-15-25-48)35-57(59)49-30-54(64-40-46-26-50(60-36-42-16-6-1-7-17-42)32-51(27-46)61-37-43-18-8-2-9-19-43)34-55(31-49)65-41-47-28-52(62-38-44-20-10-3-11-21-44)33-53(29-47)63-39-45-22-12-4-13-23-45/h1-35,59H,36-41H2/b57-35+. The van der Waals surface area contributed by atoms with Crippen LogP contribution in [0.15, 0.2) is 212 Å². The Morgan fingerprint density at radius 3 is 0.892 bits per heavy atom. The van der Waals surface area contributed by atoms with E-state index in [9.17, 15) is 9.90 Å². The third-order valence-electron chi connectivity index (χ3n) is 10.2. The monoisotopic (exact) mass is 860 g/mol. The molecule has 0 saturated heterocycles. The minimum absolute atomic E-state index is 0.128. The smallest absolute Gasteiger partial charge is 0.189 e. The molecule has 8 nitrogen and oxygen atoms in total. The molecule has 0 heterocycles. The van der Waals surface area contributed by atoms with Crippen molar-refractivity contribution in [2.75, 3.05) is 0 Å². The first kappa shape index (κ1) is 43.4. The highest BCUT2D eigenvalue weighted by molar-refractivity contribution is 6.07. The zero-order valence-electron chi connectivity index (χ0n) is 35.8. The Bertz CT molecular complexity index is 2500. The third-order valence-corrected chi connectivity index (χ3v) is 10.2.